The summed E-state index contributed by atoms with van der Waals surface area (Å²) in [6.45, 7) is 0.106. The van der Waals surface area contributed by atoms with Crippen molar-refractivity contribution in [1.82, 2.24) is 10.9 Å². The van der Waals surface area contributed by atoms with Crippen molar-refractivity contribution in [1.29, 1.82) is 0 Å². The topological polar surface area (TPSA) is 67.4 Å². The molecular formula is C19H17FN2O3S2. The third kappa shape index (κ3) is 3.36. The van der Waals surface area contributed by atoms with E-state index in [1.165, 1.54) is 46.3 Å². The molecule has 1 aliphatic rings. The number of benzene rings is 1. The smallest absolute Gasteiger partial charge is 0.280 e. The second-order valence-electron chi connectivity index (χ2n) is 6.28. The van der Waals surface area contributed by atoms with E-state index in [9.17, 15) is 14.0 Å². The van der Waals surface area contributed by atoms with Gasteiger partial charge in [0.1, 0.15) is 10.7 Å². The van der Waals surface area contributed by atoms with Crippen LogP contribution in [-0.2, 0) is 24.2 Å². The lowest BCUT2D eigenvalue weighted by Crippen LogP contribution is -2.41. The van der Waals surface area contributed by atoms with Gasteiger partial charge >= 0.3 is 0 Å². The molecule has 4 rings (SSSR count). The van der Waals surface area contributed by atoms with E-state index in [2.05, 4.69) is 10.9 Å². The Hall–Kier alpha value is -2.29. The number of amides is 2. The highest BCUT2D eigenvalue weighted by Gasteiger charge is 2.22. The largest absolute Gasteiger partial charge is 0.380 e. The van der Waals surface area contributed by atoms with Crippen molar-refractivity contribution in [3.8, 4) is 0 Å². The molecule has 0 unspecified atom stereocenters. The Balaban J connectivity index is 1.53. The Morgan fingerprint density at radius 2 is 2.00 bits per heavy atom. The van der Waals surface area contributed by atoms with Gasteiger partial charge in [-0.2, -0.15) is 0 Å². The summed E-state index contributed by atoms with van der Waals surface area (Å²) in [5.74, 6) is -1.23. The minimum atomic E-state index is -0.486. The van der Waals surface area contributed by atoms with Crippen molar-refractivity contribution in [2.75, 3.05) is 7.11 Å². The normalized spacial score (nSPS) is 13.0. The predicted molar refractivity (Wildman–Crippen MR) is 104 cm³/mol. The van der Waals surface area contributed by atoms with Crippen LogP contribution >= 0.6 is 22.7 Å². The molecule has 2 amide bonds. The van der Waals surface area contributed by atoms with Crippen LogP contribution < -0.4 is 10.9 Å². The predicted octanol–water partition coefficient (Wildman–Crippen LogP) is 3.81. The number of thiophene rings is 2. The van der Waals surface area contributed by atoms with E-state index in [0.29, 0.717) is 25.4 Å². The second-order valence-corrected chi connectivity index (χ2v) is 8.47. The van der Waals surface area contributed by atoms with Gasteiger partial charge in [0.25, 0.3) is 11.8 Å². The number of carbonyl (C=O) groups is 2. The molecule has 140 valence electrons. The lowest BCUT2D eigenvalue weighted by molar-refractivity contribution is 0.0849. The van der Waals surface area contributed by atoms with E-state index in [1.54, 1.807) is 12.1 Å². The molecule has 0 atom stereocenters. The lowest BCUT2D eigenvalue weighted by atomic mass is 10.1. The molecule has 2 N–H and O–H groups in total. The van der Waals surface area contributed by atoms with Crippen LogP contribution in [-0.4, -0.2) is 18.9 Å². The number of halogens is 1. The molecule has 8 heteroatoms. The highest BCUT2D eigenvalue weighted by molar-refractivity contribution is 7.21. The summed E-state index contributed by atoms with van der Waals surface area (Å²) >= 11 is 2.64. The number of methoxy groups -OCH3 is 1. The molecule has 0 radical (unpaired) electrons. The molecule has 1 aliphatic carbocycles. The average molecular weight is 404 g/mol. The molecule has 0 aliphatic heterocycles. The Labute approximate surface area is 163 Å². The quantitative estimate of drug-likeness (QED) is 0.650. The summed E-state index contributed by atoms with van der Waals surface area (Å²) in [5, 5.41) is 0.385. The van der Waals surface area contributed by atoms with Crippen molar-refractivity contribution in [3.05, 3.63) is 55.8 Å². The number of nitrogens with one attached hydrogen (secondary N) is 2. The molecule has 0 saturated carbocycles. The lowest BCUT2D eigenvalue weighted by Gasteiger charge is -2.07. The fourth-order valence-electron chi connectivity index (χ4n) is 3.31. The maximum Gasteiger partial charge on any atom is 0.280 e. The molecule has 2 heterocycles. The molecule has 1 aromatic carbocycles. The van der Waals surface area contributed by atoms with Gasteiger partial charge in [-0.3, -0.25) is 20.4 Å². The molecule has 27 heavy (non-hydrogen) atoms. The van der Waals surface area contributed by atoms with Gasteiger partial charge in [-0.15, -0.1) is 22.7 Å². The minimum Gasteiger partial charge on any atom is -0.380 e. The number of fused-ring (bicyclic) bond motifs is 2. The van der Waals surface area contributed by atoms with Crippen LogP contribution in [0.15, 0.2) is 24.3 Å². The van der Waals surface area contributed by atoms with Crippen molar-refractivity contribution >= 4 is 44.6 Å². The number of hydrazine groups is 1. The van der Waals surface area contributed by atoms with Crippen LogP contribution in [0.2, 0.25) is 0 Å². The molecule has 3 aromatic rings. The number of carbonyl (C=O) groups excluding carboxylic acids is 2. The van der Waals surface area contributed by atoms with Crippen molar-refractivity contribution in [2.45, 2.75) is 25.9 Å². The maximum atomic E-state index is 14.2. The van der Waals surface area contributed by atoms with Crippen LogP contribution in [0.4, 0.5) is 4.39 Å². The molecule has 0 saturated heterocycles. The summed E-state index contributed by atoms with van der Waals surface area (Å²) in [5.41, 5.74) is 6.60. The monoisotopic (exact) mass is 404 g/mol. The molecular weight excluding hydrogens is 387 g/mol. The van der Waals surface area contributed by atoms with E-state index in [4.69, 9.17) is 4.74 Å². The van der Waals surface area contributed by atoms with E-state index in [-0.39, 0.29) is 12.5 Å². The van der Waals surface area contributed by atoms with Gasteiger partial charge in [0.15, 0.2) is 0 Å². The second kappa shape index (κ2) is 7.38. The molecule has 5 nitrogen and oxygen atoms in total. The van der Waals surface area contributed by atoms with Gasteiger partial charge < -0.3 is 4.74 Å². The van der Waals surface area contributed by atoms with Gasteiger partial charge in [0.05, 0.1) is 11.5 Å². The molecule has 0 fully saturated rings. The summed E-state index contributed by atoms with van der Waals surface area (Å²) in [6.07, 6.45) is 3.14. The zero-order valence-electron chi connectivity index (χ0n) is 14.6. The fourth-order valence-corrected chi connectivity index (χ4v) is 5.57. The Morgan fingerprint density at radius 3 is 2.78 bits per heavy atom. The first-order valence-corrected chi connectivity index (χ1v) is 10.1. The van der Waals surface area contributed by atoms with Crippen LogP contribution in [0.25, 0.3) is 10.1 Å². The summed E-state index contributed by atoms with van der Waals surface area (Å²) in [6, 6.07) is 6.60. The van der Waals surface area contributed by atoms with Crippen molar-refractivity contribution in [3.63, 3.8) is 0 Å². The van der Waals surface area contributed by atoms with Gasteiger partial charge in [-0.25, -0.2) is 4.39 Å². The Bertz CT molecular complexity index is 1020. The number of rotatable bonds is 4. The first-order chi connectivity index (χ1) is 13.1. The van der Waals surface area contributed by atoms with Gasteiger partial charge in [-0.05, 0) is 43.0 Å². The highest BCUT2D eigenvalue weighted by Crippen LogP contribution is 2.34. The summed E-state index contributed by atoms with van der Waals surface area (Å²) < 4.78 is 20.0. The summed E-state index contributed by atoms with van der Waals surface area (Å²) in [7, 11) is 1.49. The zero-order valence-corrected chi connectivity index (χ0v) is 16.2. The number of hydrogen-bond donors (Lipinski definition) is 2. The molecule has 0 bridgehead atoms. The van der Waals surface area contributed by atoms with Gasteiger partial charge in [0, 0.05) is 27.6 Å². The minimum absolute atomic E-state index is 0.106. The van der Waals surface area contributed by atoms with E-state index in [0.717, 1.165) is 19.3 Å². The third-order valence-electron chi connectivity index (χ3n) is 4.52. The number of ether oxygens (including phenoxy) is 1. The van der Waals surface area contributed by atoms with Crippen LogP contribution in [0.5, 0.6) is 0 Å². The van der Waals surface area contributed by atoms with E-state index in [1.807, 2.05) is 6.07 Å². The first-order valence-electron chi connectivity index (χ1n) is 8.49. The SMILES string of the molecule is COCc1c(C(=O)NNC(=O)c2cc3c(s2)CCC3)sc2cccc(F)c12. The van der Waals surface area contributed by atoms with Crippen LogP contribution in [0, 0.1) is 5.82 Å². The van der Waals surface area contributed by atoms with Crippen molar-refractivity contribution in [2.24, 2.45) is 0 Å². The summed E-state index contributed by atoms with van der Waals surface area (Å²) in [4.78, 5) is 27.1. The molecule has 2 aromatic heterocycles. The molecule has 0 spiro atoms. The third-order valence-corrected chi connectivity index (χ3v) is 6.95. The fraction of sp³-hybridized carbons (Fsp3) is 0.263. The van der Waals surface area contributed by atoms with Crippen LogP contribution in [0.1, 0.15) is 41.8 Å². The first kappa shape index (κ1) is 18.1. The Kier molecular flexibility index (Phi) is 4.94. The zero-order chi connectivity index (χ0) is 19.0. The number of aryl methyl sites for hydroxylation is 2. The Morgan fingerprint density at radius 1 is 1.19 bits per heavy atom. The average Bonchev–Trinajstić information content (AvgIpc) is 3.33. The van der Waals surface area contributed by atoms with Crippen molar-refractivity contribution < 1.29 is 18.7 Å². The maximum absolute atomic E-state index is 14.2. The van der Waals surface area contributed by atoms with E-state index >= 15 is 0 Å². The van der Waals surface area contributed by atoms with E-state index < -0.39 is 11.7 Å². The standard InChI is InChI=1S/C19H17FN2O3S2/c1-25-9-11-16-12(20)5-3-7-14(16)27-17(11)19(24)22-21-18(23)15-8-10-4-2-6-13(10)26-15/h3,5,7-8H,2,4,6,9H2,1H3,(H,21,23)(H,22,24). The van der Waals surface area contributed by atoms with Gasteiger partial charge in [-0.1, -0.05) is 6.07 Å². The van der Waals surface area contributed by atoms with Crippen LogP contribution in [0.3, 0.4) is 0 Å². The van der Waals surface area contributed by atoms with Gasteiger partial charge in [0.2, 0.25) is 0 Å². The number of hydrogen-bond acceptors (Lipinski definition) is 5. The highest BCUT2D eigenvalue weighted by atomic mass is 32.1.